The van der Waals surface area contributed by atoms with E-state index in [1.54, 1.807) is 17.0 Å². The number of ether oxygens (including phenoxy) is 2. The van der Waals surface area contributed by atoms with E-state index in [0.29, 0.717) is 22.9 Å². The minimum Gasteiger partial charge on any atom is -0.486 e. The molecule has 34 heavy (non-hydrogen) atoms. The summed E-state index contributed by atoms with van der Waals surface area (Å²) < 4.78 is 38.0. The monoisotopic (exact) mass is 467 g/mol. The first-order valence-electron chi connectivity index (χ1n) is 10.7. The molecule has 2 N–H and O–H groups in total. The van der Waals surface area contributed by atoms with E-state index in [4.69, 9.17) is 9.47 Å². The molecular formula is C25H23F2N3O4. The van der Waals surface area contributed by atoms with Crippen LogP contribution in [0.1, 0.15) is 0 Å². The van der Waals surface area contributed by atoms with Gasteiger partial charge in [0, 0.05) is 17.9 Å². The molecule has 0 saturated heterocycles. The SMILES string of the molecule is O=C(CN(CC(=O)Nc1ccc(F)cc1)CC1COc2ccccc2O1)Nc1ccc(F)cc1. The van der Waals surface area contributed by atoms with E-state index in [9.17, 15) is 18.4 Å². The first-order chi connectivity index (χ1) is 16.4. The highest BCUT2D eigenvalue weighted by molar-refractivity contribution is 5.94. The van der Waals surface area contributed by atoms with E-state index in [2.05, 4.69) is 10.6 Å². The maximum absolute atomic E-state index is 13.1. The summed E-state index contributed by atoms with van der Waals surface area (Å²) in [5.41, 5.74) is 0.876. The first-order valence-corrected chi connectivity index (χ1v) is 10.7. The van der Waals surface area contributed by atoms with E-state index >= 15 is 0 Å². The van der Waals surface area contributed by atoms with Gasteiger partial charge in [-0.15, -0.1) is 0 Å². The topological polar surface area (TPSA) is 79.9 Å². The summed E-state index contributed by atoms with van der Waals surface area (Å²) in [6.07, 6.45) is -0.410. The molecule has 7 nitrogen and oxygen atoms in total. The van der Waals surface area contributed by atoms with Crippen LogP contribution in [0.15, 0.2) is 72.8 Å². The van der Waals surface area contributed by atoms with Gasteiger partial charge >= 0.3 is 0 Å². The van der Waals surface area contributed by atoms with E-state index in [1.807, 2.05) is 12.1 Å². The highest BCUT2D eigenvalue weighted by atomic mass is 19.1. The molecule has 2 amide bonds. The maximum Gasteiger partial charge on any atom is 0.238 e. The highest BCUT2D eigenvalue weighted by Gasteiger charge is 2.25. The molecular weight excluding hydrogens is 444 g/mol. The Labute approximate surface area is 195 Å². The molecule has 3 aromatic rings. The Balaban J connectivity index is 1.41. The van der Waals surface area contributed by atoms with Crippen molar-refractivity contribution in [1.29, 1.82) is 0 Å². The Morgan fingerprint density at radius 2 is 1.29 bits per heavy atom. The smallest absolute Gasteiger partial charge is 0.238 e. The number of fused-ring (bicyclic) bond motifs is 1. The molecule has 4 rings (SSSR count). The van der Waals surface area contributed by atoms with Crippen molar-refractivity contribution < 1.29 is 27.8 Å². The number of nitrogens with zero attached hydrogens (tertiary/aromatic N) is 1. The molecule has 0 saturated carbocycles. The second kappa shape index (κ2) is 10.8. The molecule has 0 spiro atoms. The van der Waals surface area contributed by atoms with Crippen molar-refractivity contribution in [3.8, 4) is 11.5 Å². The van der Waals surface area contributed by atoms with Crippen LogP contribution in [0.5, 0.6) is 11.5 Å². The zero-order chi connectivity index (χ0) is 23.9. The van der Waals surface area contributed by atoms with Crippen molar-refractivity contribution in [2.24, 2.45) is 0 Å². The molecule has 9 heteroatoms. The Hall–Kier alpha value is -3.98. The van der Waals surface area contributed by atoms with Crippen LogP contribution in [0.25, 0.3) is 0 Å². The molecule has 0 fully saturated rings. The molecule has 3 aromatic carbocycles. The molecule has 1 atom stereocenters. The number of carbonyl (C=O) groups is 2. The number of hydrogen-bond donors (Lipinski definition) is 2. The Morgan fingerprint density at radius 1 is 0.794 bits per heavy atom. The summed E-state index contributed by atoms with van der Waals surface area (Å²) in [7, 11) is 0. The van der Waals surface area contributed by atoms with Crippen LogP contribution in [0.3, 0.4) is 0 Å². The third-order valence-corrected chi connectivity index (χ3v) is 5.02. The Morgan fingerprint density at radius 3 is 1.82 bits per heavy atom. The van der Waals surface area contributed by atoms with Crippen molar-refractivity contribution in [3.63, 3.8) is 0 Å². The normalized spacial score (nSPS) is 14.5. The lowest BCUT2D eigenvalue weighted by atomic mass is 10.2. The third-order valence-electron chi connectivity index (χ3n) is 5.02. The quantitative estimate of drug-likeness (QED) is 0.528. The van der Waals surface area contributed by atoms with E-state index in [0.717, 1.165) is 0 Å². The van der Waals surface area contributed by atoms with Gasteiger partial charge in [-0.2, -0.15) is 0 Å². The highest BCUT2D eigenvalue weighted by Crippen LogP contribution is 2.31. The van der Waals surface area contributed by atoms with E-state index in [1.165, 1.54) is 48.5 Å². The van der Waals surface area contributed by atoms with Crippen LogP contribution in [0.4, 0.5) is 20.2 Å². The van der Waals surface area contributed by atoms with Crippen LogP contribution in [0, 0.1) is 11.6 Å². The number of halogens is 2. The number of rotatable bonds is 8. The van der Waals surface area contributed by atoms with Gasteiger partial charge in [0.15, 0.2) is 11.5 Å². The number of amides is 2. The maximum atomic E-state index is 13.1. The fourth-order valence-electron chi connectivity index (χ4n) is 3.50. The lowest BCUT2D eigenvalue weighted by molar-refractivity contribution is -0.120. The van der Waals surface area contributed by atoms with Gasteiger partial charge in [-0.3, -0.25) is 14.5 Å². The van der Waals surface area contributed by atoms with Crippen molar-refractivity contribution in [2.45, 2.75) is 6.10 Å². The number of carbonyl (C=O) groups excluding carboxylic acids is 2. The largest absolute Gasteiger partial charge is 0.486 e. The van der Waals surface area contributed by atoms with Gasteiger partial charge in [0.1, 0.15) is 24.3 Å². The summed E-state index contributed by atoms with van der Waals surface area (Å²) in [5.74, 6) is -0.353. The van der Waals surface area contributed by atoms with Gasteiger partial charge in [0.05, 0.1) is 13.1 Å². The zero-order valence-electron chi connectivity index (χ0n) is 18.2. The number of hydrogen-bond acceptors (Lipinski definition) is 5. The number of anilines is 2. The predicted molar refractivity (Wildman–Crippen MR) is 123 cm³/mol. The fraction of sp³-hybridized carbons (Fsp3) is 0.200. The predicted octanol–water partition coefficient (Wildman–Crippen LogP) is 3.68. The van der Waals surface area contributed by atoms with Crippen molar-refractivity contribution in [2.75, 3.05) is 36.9 Å². The standard InChI is InChI=1S/C25H23F2N3O4/c26-17-5-9-19(10-6-17)28-24(31)14-30(15-25(32)29-20-11-7-18(27)8-12-20)13-21-16-33-22-3-1-2-4-23(22)34-21/h1-12,21H,13-16H2,(H,28,31)(H,29,32). The molecule has 1 aliphatic rings. The van der Waals surface area contributed by atoms with Crippen molar-refractivity contribution >= 4 is 23.2 Å². The molecule has 1 unspecified atom stereocenters. The summed E-state index contributed by atoms with van der Waals surface area (Å²) in [4.78, 5) is 26.9. The number of benzene rings is 3. The molecule has 0 aromatic heterocycles. The third kappa shape index (κ3) is 6.52. The summed E-state index contributed by atoms with van der Waals surface area (Å²) in [6, 6.07) is 18.0. The van der Waals surface area contributed by atoms with Gasteiger partial charge in [-0.25, -0.2) is 8.78 Å². The molecule has 0 radical (unpaired) electrons. The van der Waals surface area contributed by atoms with Crippen molar-refractivity contribution in [3.05, 3.63) is 84.4 Å². The second-order valence-electron chi connectivity index (χ2n) is 7.78. The summed E-state index contributed by atoms with van der Waals surface area (Å²) in [5, 5.41) is 5.38. The Bertz CT molecular complexity index is 1080. The molecule has 1 heterocycles. The molecule has 0 aliphatic carbocycles. The van der Waals surface area contributed by atoms with Gasteiger partial charge in [-0.1, -0.05) is 12.1 Å². The molecule has 1 aliphatic heterocycles. The van der Waals surface area contributed by atoms with Crippen LogP contribution >= 0.6 is 0 Å². The average Bonchev–Trinajstić information content (AvgIpc) is 2.82. The lowest BCUT2D eigenvalue weighted by Crippen LogP contribution is -2.46. The van der Waals surface area contributed by atoms with Gasteiger partial charge in [0.2, 0.25) is 11.8 Å². The Kier molecular flexibility index (Phi) is 7.34. The molecule has 0 bridgehead atoms. The van der Waals surface area contributed by atoms with Crippen LogP contribution in [0.2, 0.25) is 0 Å². The first kappa shape index (κ1) is 23.2. The van der Waals surface area contributed by atoms with Crippen LogP contribution < -0.4 is 20.1 Å². The van der Waals surface area contributed by atoms with Gasteiger partial charge < -0.3 is 20.1 Å². The minimum absolute atomic E-state index is 0.115. The van der Waals surface area contributed by atoms with Crippen LogP contribution in [-0.4, -0.2) is 49.1 Å². The van der Waals surface area contributed by atoms with E-state index < -0.39 is 17.7 Å². The van der Waals surface area contributed by atoms with E-state index in [-0.39, 0.29) is 38.1 Å². The fourth-order valence-corrected chi connectivity index (χ4v) is 3.50. The van der Waals surface area contributed by atoms with Gasteiger partial charge in [-0.05, 0) is 60.7 Å². The minimum atomic E-state index is -0.410. The number of nitrogens with one attached hydrogen (secondary N) is 2. The lowest BCUT2D eigenvalue weighted by Gasteiger charge is -2.30. The summed E-state index contributed by atoms with van der Waals surface area (Å²) in [6.45, 7) is 0.264. The number of para-hydroxylation sites is 2. The zero-order valence-corrected chi connectivity index (χ0v) is 18.2. The second-order valence-corrected chi connectivity index (χ2v) is 7.78. The van der Waals surface area contributed by atoms with Gasteiger partial charge in [0.25, 0.3) is 0 Å². The van der Waals surface area contributed by atoms with Crippen molar-refractivity contribution in [1.82, 2.24) is 4.90 Å². The van der Waals surface area contributed by atoms with Crippen LogP contribution in [-0.2, 0) is 9.59 Å². The molecule has 176 valence electrons. The average molecular weight is 467 g/mol. The summed E-state index contributed by atoms with van der Waals surface area (Å²) >= 11 is 0.